The van der Waals surface area contributed by atoms with E-state index in [0.29, 0.717) is 5.39 Å². The largest absolute Gasteiger partial charge is 0.506 e. The molecule has 0 aliphatic carbocycles. The Morgan fingerprint density at radius 2 is 1.14 bits per heavy atom. The number of rotatable bonds is 5. The maximum atomic E-state index is 13.1. The van der Waals surface area contributed by atoms with Crippen molar-refractivity contribution in [2.45, 2.75) is 0 Å². The number of carbonyl (C=O) groups excluding carboxylic acids is 1. The fourth-order valence-corrected chi connectivity index (χ4v) is 3.84. The maximum Gasteiger partial charge on any atom is 0.351 e. The van der Waals surface area contributed by atoms with Gasteiger partial charge in [-0.1, -0.05) is 48.5 Å². The summed E-state index contributed by atoms with van der Waals surface area (Å²) in [5.41, 5.74) is 2.05. The predicted molar refractivity (Wildman–Crippen MR) is 136 cm³/mol. The summed E-state index contributed by atoms with van der Waals surface area (Å²) in [7, 11) is 0. The van der Waals surface area contributed by atoms with Crippen LogP contribution in [0.15, 0.2) is 118 Å². The summed E-state index contributed by atoms with van der Waals surface area (Å²) in [6.07, 6.45) is 0. The molecule has 5 aromatic rings. The van der Waals surface area contributed by atoms with Crippen molar-refractivity contribution in [1.82, 2.24) is 0 Å². The molecule has 5 N–H and O–H groups in total. The number of aromatic hydroxyl groups is 1. The molecule has 1 heterocycles. The molecule has 7 nitrogen and oxygen atoms in total. The Hall–Kier alpha value is -3.14. The number of carbonyl (C=O) groups is 1. The van der Waals surface area contributed by atoms with E-state index < -0.39 is 11.4 Å². The Kier molecular flexibility index (Phi) is 10.3. The Morgan fingerprint density at radius 3 is 1.69 bits per heavy atom. The number of hydrogen-bond acceptors (Lipinski definition) is 5. The molecule has 0 fully saturated rings. The maximum absolute atomic E-state index is 13.1. The van der Waals surface area contributed by atoms with Crippen LogP contribution in [0.25, 0.3) is 11.0 Å². The van der Waals surface area contributed by atoms with Crippen LogP contribution < -0.4 is 10.5 Å². The fraction of sp³-hybridized carbons (Fsp3) is 0. The Labute approximate surface area is 247 Å². The molecule has 0 unspecified atom stereocenters. The van der Waals surface area contributed by atoms with Crippen LogP contribution in [-0.4, -0.2) is 21.8 Å². The SMILES string of the molecule is O.O.O=C(c1ccc(N(c2ccccc2)c2ccccc2)cc1)c1c(O)c2ccccc2oc1=O.[Eu]. The van der Waals surface area contributed by atoms with Crippen molar-refractivity contribution in [3.8, 4) is 5.75 Å². The van der Waals surface area contributed by atoms with Gasteiger partial charge in [-0.25, -0.2) is 4.79 Å². The normalized spacial score (nSPS) is 9.89. The molecule has 1 aromatic heterocycles. The number of ketones is 1. The first-order valence-corrected chi connectivity index (χ1v) is 10.4. The molecule has 4 aromatic carbocycles. The minimum absolute atomic E-state index is 0. The molecular weight excluding hydrogens is 598 g/mol. The Balaban J connectivity index is 0.00000152. The summed E-state index contributed by atoms with van der Waals surface area (Å²) < 4.78 is 5.25. The molecule has 1 radical (unpaired) electrons. The molecule has 0 aliphatic rings. The van der Waals surface area contributed by atoms with E-state index in [4.69, 9.17) is 4.42 Å². The number of para-hydroxylation sites is 3. The van der Waals surface area contributed by atoms with Gasteiger partial charge in [-0.05, 0) is 60.7 Å². The zero-order valence-corrected chi connectivity index (χ0v) is 21.3. The van der Waals surface area contributed by atoms with Crippen molar-refractivity contribution in [2.24, 2.45) is 0 Å². The summed E-state index contributed by atoms with van der Waals surface area (Å²) in [4.78, 5) is 27.6. The number of nitrogens with zero attached hydrogens (tertiary/aromatic N) is 1. The monoisotopic (exact) mass is 622 g/mol. The van der Waals surface area contributed by atoms with Gasteiger partial charge in [-0.15, -0.1) is 0 Å². The van der Waals surface area contributed by atoms with Gasteiger partial charge in [0.15, 0.2) is 5.56 Å². The summed E-state index contributed by atoms with van der Waals surface area (Å²) in [6.45, 7) is 0. The van der Waals surface area contributed by atoms with Gasteiger partial charge in [0.05, 0.1) is 5.39 Å². The van der Waals surface area contributed by atoms with Crippen molar-refractivity contribution in [3.63, 3.8) is 0 Å². The molecule has 8 heteroatoms. The van der Waals surface area contributed by atoms with Gasteiger partial charge < -0.3 is 25.4 Å². The van der Waals surface area contributed by atoms with Crippen LogP contribution in [0.4, 0.5) is 17.1 Å². The van der Waals surface area contributed by atoms with Gasteiger partial charge in [0, 0.05) is 72.0 Å². The van der Waals surface area contributed by atoms with Crippen LogP contribution in [0.3, 0.4) is 0 Å². The molecule has 0 bridgehead atoms. The fourth-order valence-electron chi connectivity index (χ4n) is 3.84. The van der Waals surface area contributed by atoms with Crippen molar-refractivity contribution in [3.05, 3.63) is 131 Å². The van der Waals surface area contributed by atoms with E-state index in [2.05, 4.69) is 4.90 Å². The van der Waals surface area contributed by atoms with E-state index in [1.807, 2.05) is 72.8 Å². The molecule has 0 amide bonds. The van der Waals surface area contributed by atoms with E-state index in [1.54, 1.807) is 36.4 Å². The van der Waals surface area contributed by atoms with E-state index in [1.165, 1.54) is 0 Å². The quantitative estimate of drug-likeness (QED) is 0.227. The van der Waals surface area contributed by atoms with Crippen molar-refractivity contribution >= 4 is 33.8 Å². The van der Waals surface area contributed by atoms with Gasteiger partial charge in [-0.2, -0.15) is 0 Å². The average molecular weight is 621 g/mol. The first-order chi connectivity index (χ1) is 16.1. The second kappa shape index (κ2) is 12.7. The summed E-state index contributed by atoms with van der Waals surface area (Å²) in [5, 5.41) is 10.9. The van der Waals surface area contributed by atoms with Crippen LogP contribution >= 0.6 is 0 Å². The molecule has 36 heavy (non-hydrogen) atoms. The van der Waals surface area contributed by atoms with Gasteiger partial charge in [0.1, 0.15) is 11.3 Å². The zero-order chi connectivity index (χ0) is 22.8. The second-order valence-electron chi connectivity index (χ2n) is 7.49. The number of hydrogen-bond donors (Lipinski definition) is 1. The van der Waals surface area contributed by atoms with Crippen molar-refractivity contribution < 1.29 is 74.6 Å². The standard InChI is InChI=1S/C28H19NO4.Eu.2H2O/c30-26(25-27(31)23-13-7-8-14-24(23)33-28(25)32)19-15-17-22(18-16-19)29(20-9-3-1-4-10-20)21-11-5-2-6-12-21;;;/h1-18,31H;;2*1H2. The molecule has 0 saturated heterocycles. The molecule has 0 atom stereocenters. The molecule has 0 spiro atoms. The van der Waals surface area contributed by atoms with E-state index in [-0.39, 0.29) is 82.8 Å². The summed E-state index contributed by atoms with van der Waals surface area (Å²) in [5.74, 6) is -0.962. The number of benzene rings is 4. The van der Waals surface area contributed by atoms with Crippen molar-refractivity contribution in [1.29, 1.82) is 0 Å². The Morgan fingerprint density at radius 1 is 0.667 bits per heavy atom. The molecule has 0 aliphatic heterocycles. The Bertz CT molecular complexity index is 1460. The van der Waals surface area contributed by atoms with E-state index in [0.717, 1.165) is 17.1 Å². The van der Waals surface area contributed by atoms with Crippen LogP contribution in [-0.2, 0) is 0 Å². The third kappa shape index (κ3) is 5.64. The van der Waals surface area contributed by atoms with Crippen molar-refractivity contribution in [2.75, 3.05) is 4.90 Å². The minimum Gasteiger partial charge on any atom is -0.506 e. The van der Waals surface area contributed by atoms with E-state index >= 15 is 0 Å². The second-order valence-corrected chi connectivity index (χ2v) is 7.49. The van der Waals surface area contributed by atoms with Gasteiger partial charge in [0.25, 0.3) is 0 Å². The van der Waals surface area contributed by atoms with E-state index in [9.17, 15) is 14.7 Å². The van der Waals surface area contributed by atoms with Gasteiger partial charge in [-0.3, -0.25) is 4.79 Å². The van der Waals surface area contributed by atoms with Crippen LogP contribution in [0.2, 0.25) is 0 Å². The average Bonchev–Trinajstić information content (AvgIpc) is 2.86. The number of anilines is 3. The van der Waals surface area contributed by atoms with Crippen LogP contribution in [0.1, 0.15) is 15.9 Å². The van der Waals surface area contributed by atoms with Crippen LogP contribution in [0.5, 0.6) is 5.75 Å². The molecule has 5 rings (SSSR count). The predicted octanol–water partition coefficient (Wildman–Crippen LogP) is 4.55. The minimum atomic E-state index is -0.865. The van der Waals surface area contributed by atoms with Gasteiger partial charge in [0.2, 0.25) is 5.78 Å². The van der Waals surface area contributed by atoms with Gasteiger partial charge >= 0.3 is 5.63 Å². The first-order valence-electron chi connectivity index (χ1n) is 10.4. The molecular formula is C28H23EuNO6. The zero-order valence-electron chi connectivity index (χ0n) is 18.9. The first kappa shape index (κ1) is 29.1. The third-order valence-corrected chi connectivity index (χ3v) is 5.43. The smallest absolute Gasteiger partial charge is 0.351 e. The molecule has 0 saturated carbocycles. The summed E-state index contributed by atoms with van der Waals surface area (Å²) >= 11 is 0. The summed E-state index contributed by atoms with van der Waals surface area (Å²) in [6, 6.07) is 33.3. The number of fused-ring (bicyclic) bond motifs is 1. The topological polar surface area (TPSA) is 134 Å². The molecule has 183 valence electrons. The van der Waals surface area contributed by atoms with Crippen LogP contribution in [0, 0.1) is 49.4 Å². The third-order valence-electron chi connectivity index (χ3n) is 5.43.